The molecule has 2 rings (SSSR count). The molecule has 24 heavy (non-hydrogen) atoms. The molecule has 0 radical (unpaired) electrons. The van der Waals surface area contributed by atoms with Gasteiger partial charge in [0.2, 0.25) is 0 Å². The Bertz CT molecular complexity index is 630. The Morgan fingerprint density at radius 2 is 1.71 bits per heavy atom. The Hall–Kier alpha value is -1.74. The lowest BCUT2D eigenvalue weighted by Gasteiger charge is -2.32. The van der Waals surface area contributed by atoms with Crippen LogP contribution in [0, 0.1) is 0 Å². The summed E-state index contributed by atoms with van der Waals surface area (Å²) < 4.78 is 53.1. The topological polar surface area (TPSA) is 56.8 Å². The van der Waals surface area contributed by atoms with E-state index in [-0.39, 0.29) is 5.56 Å². The van der Waals surface area contributed by atoms with Gasteiger partial charge in [0.15, 0.2) is 0 Å². The molecule has 1 aliphatic rings. The number of rotatable bonds is 3. The zero-order chi connectivity index (χ0) is 18.3. The molecule has 0 bridgehead atoms. The highest BCUT2D eigenvalue weighted by Crippen LogP contribution is 2.37. The minimum Gasteiger partial charge on any atom is -0.405 e. The lowest BCUT2D eigenvalue weighted by Crippen LogP contribution is -2.41. The number of amides is 1. The van der Waals surface area contributed by atoms with Crippen LogP contribution in [0.15, 0.2) is 18.2 Å². The van der Waals surface area contributed by atoms with Crippen LogP contribution in [-0.2, 0) is 9.31 Å². The first-order valence-electron chi connectivity index (χ1n) is 7.34. The van der Waals surface area contributed by atoms with Crippen molar-refractivity contribution < 1.29 is 32.0 Å². The van der Waals surface area contributed by atoms with Crippen LogP contribution in [0.3, 0.4) is 0 Å². The third kappa shape index (κ3) is 3.67. The number of ether oxygens (including phenoxy) is 1. The SMILES string of the molecule is CNC(=O)c1cc(B2OC(C)(C)C(C)(C)O2)ccc1OC(F)(F)F. The molecule has 1 saturated heterocycles. The van der Waals surface area contributed by atoms with Gasteiger partial charge < -0.3 is 19.4 Å². The van der Waals surface area contributed by atoms with Gasteiger partial charge >= 0.3 is 13.5 Å². The van der Waals surface area contributed by atoms with Crippen molar-refractivity contribution in [1.82, 2.24) is 5.32 Å². The van der Waals surface area contributed by atoms with E-state index in [0.717, 1.165) is 6.07 Å². The number of halogens is 3. The molecular weight excluding hydrogens is 326 g/mol. The van der Waals surface area contributed by atoms with Crippen molar-refractivity contribution in [3.8, 4) is 5.75 Å². The van der Waals surface area contributed by atoms with Crippen molar-refractivity contribution in [3.05, 3.63) is 23.8 Å². The van der Waals surface area contributed by atoms with Gasteiger partial charge in [-0.15, -0.1) is 13.2 Å². The fourth-order valence-electron chi connectivity index (χ4n) is 2.20. The van der Waals surface area contributed by atoms with Crippen LogP contribution >= 0.6 is 0 Å². The molecule has 9 heteroatoms. The Kier molecular flexibility index (Phi) is 4.62. The van der Waals surface area contributed by atoms with Crippen LogP contribution in [0.2, 0.25) is 0 Å². The van der Waals surface area contributed by atoms with Crippen molar-refractivity contribution in [1.29, 1.82) is 0 Å². The van der Waals surface area contributed by atoms with E-state index in [4.69, 9.17) is 9.31 Å². The van der Waals surface area contributed by atoms with E-state index in [1.165, 1.54) is 19.2 Å². The molecule has 1 aliphatic heterocycles. The van der Waals surface area contributed by atoms with E-state index in [1.807, 2.05) is 27.7 Å². The summed E-state index contributed by atoms with van der Waals surface area (Å²) in [4.78, 5) is 11.9. The van der Waals surface area contributed by atoms with Gasteiger partial charge in [0.05, 0.1) is 16.8 Å². The zero-order valence-corrected chi connectivity index (χ0v) is 14.1. The van der Waals surface area contributed by atoms with E-state index >= 15 is 0 Å². The molecule has 132 valence electrons. The molecule has 0 saturated carbocycles. The first-order chi connectivity index (χ1) is 10.9. The van der Waals surface area contributed by atoms with Crippen molar-refractivity contribution >= 4 is 18.5 Å². The van der Waals surface area contributed by atoms with E-state index in [0.29, 0.717) is 5.46 Å². The second-order valence-electron chi connectivity index (χ2n) is 6.47. The van der Waals surface area contributed by atoms with Crippen LogP contribution in [0.4, 0.5) is 13.2 Å². The molecule has 5 nitrogen and oxygen atoms in total. The summed E-state index contributed by atoms with van der Waals surface area (Å²) in [5.74, 6) is -1.28. The maximum atomic E-state index is 12.5. The number of benzene rings is 1. The number of alkyl halides is 3. The Morgan fingerprint density at radius 3 is 2.17 bits per heavy atom. The van der Waals surface area contributed by atoms with Gasteiger partial charge in [0.25, 0.3) is 5.91 Å². The van der Waals surface area contributed by atoms with E-state index in [1.54, 1.807) is 0 Å². The molecule has 1 aromatic carbocycles. The summed E-state index contributed by atoms with van der Waals surface area (Å²) in [5, 5.41) is 2.29. The first-order valence-corrected chi connectivity index (χ1v) is 7.34. The van der Waals surface area contributed by atoms with Gasteiger partial charge in [-0.2, -0.15) is 0 Å². The lowest BCUT2D eigenvalue weighted by atomic mass is 9.78. The molecule has 0 aliphatic carbocycles. The molecular formula is C15H19BF3NO4. The predicted molar refractivity (Wildman–Crippen MR) is 82.2 cm³/mol. The summed E-state index contributed by atoms with van der Waals surface area (Å²) in [7, 11) is 0.527. The number of nitrogens with one attached hydrogen (secondary N) is 1. The largest absolute Gasteiger partial charge is 0.573 e. The monoisotopic (exact) mass is 345 g/mol. The zero-order valence-electron chi connectivity index (χ0n) is 14.1. The average Bonchev–Trinajstić information content (AvgIpc) is 2.65. The second-order valence-corrected chi connectivity index (χ2v) is 6.47. The van der Waals surface area contributed by atoms with Gasteiger partial charge in [-0.1, -0.05) is 6.07 Å². The van der Waals surface area contributed by atoms with Gasteiger partial charge in [-0.3, -0.25) is 4.79 Å². The van der Waals surface area contributed by atoms with E-state index in [9.17, 15) is 18.0 Å². The molecule has 1 N–H and O–H groups in total. The maximum Gasteiger partial charge on any atom is 0.573 e. The van der Waals surface area contributed by atoms with Crippen LogP contribution in [0.5, 0.6) is 5.75 Å². The molecule has 0 unspecified atom stereocenters. The summed E-state index contributed by atoms with van der Waals surface area (Å²) in [6.07, 6.45) is -4.89. The van der Waals surface area contributed by atoms with Crippen LogP contribution in [0.1, 0.15) is 38.1 Å². The standard InChI is InChI=1S/C15H19BF3NO4/c1-13(2)14(3,4)24-16(23-13)9-6-7-11(22-15(17,18)19)10(8-9)12(21)20-5/h6-8H,1-5H3,(H,20,21). The lowest BCUT2D eigenvalue weighted by molar-refractivity contribution is -0.274. The molecule has 0 atom stereocenters. The van der Waals surface area contributed by atoms with Gasteiger partial charge in [-0.25, -0.2) is 0 Å². The fourth-order valence-corrected chi connectivity index (χ4v) is 2.20. The third-order valence-electron chi connectivity index (χ3n) is 4.23. The minimum absolute atomic E-state index is 0.248. The molecule has 1 aromatic rings. The normalized spacial score (nSPS) is 19.2. The number of hydrogen-bond donors (Lipinski definition) is 1. The van der Waals surface area contributed by atoms with E-state index < -0.39 is 36.3 Å². The summed E-state index contributed by atoms with van der Waals surface area (Å²) in [5.41, 5.74) is -1.03. The van der Waals surface area contributed by atoms with Gasteiger partial charge in [-0.05, 0) is 45.3 Å². The fraction of sp³-hybridized carbons (Fsp3) is 0.533. The molecule has 1 heterocycles. The molecule has 0 spiro atoms. The number of carbonyl (C=O) groups is 1. The van der Waals surface area contributed by atoms with Crippen molar-refractivity contribution in [3.63, 3.8) is 0 Å². The average molecular weight is 345 g/mol. The molecule has 1 amide bonds. The highest BCUT2D eigenvalue weighted by Gasteiger charge is 2.51. The maximum absolute atomic E-state index is 12.5. The van der Waals surface area contributed by atoms with Gasteiger partial charge in [0.1, 0.15) is 5.75 Å². The second kappa shape index (κ2) is 5.96. The third-order valence-corrected chi connectivity index (χ3v) is 4.23. The predicted octanol–water partition coefficient (Wildman–Crippen LogP) is 2.24. The molecule has 0 aromatic heterocycles. The van der Waals surface area contributed by atoms with Crippen molar-refractivity contribution in [2.45, 2.75) is 45.3 Å². The summed E-state index contributed by atoms with van der Waals surface area (Å²) in [6.45, 7) is 7.42. The quantitative estimate of drug-likeness (QED) is 0.854. The van der Waals surface area contributed by atoms with Crippen LogP contribution < -0.4 is 15.5 Å². The highest BCUT2D eigenvalue weighted by molar-refractivity contribution is 6.62. The number of hydrogen-bond acceptors (Lipinski definition) is 4. The Labute approximate surface area is 138 Å². The van der Waals surface area contributed by atoms with E-state index in [2.05, 4.69) is 10.1 Å². The van der Waals surface area contributed by atoms with Crippen LogP contribution in [-0.4, -0.2) is 37.6 Å². The Morgan fingerprint density at radius 1 is 1.17 bits per heavy atom. The van der Waals surface area contributed by atoms with Crippen molar-refractivity contribution in [2.75, 3.05) is 7.05 Å². The van der Waals surface area contributed by atoms with Crippen LogP contribution in [0.25, 0.3) is 0 Å². The highest BCUT2D eigenvalue weighted by atomic mass is 19.4. The molecule has 1 fully saturated rings. The summed E-state index contributed by atoms with van der Waals surface area (Å²) >= 11 is 0. The Balaban J connectivity index is 2.39. The number of carbonyl (C=O) groups excluding carboxylic acids is 1. The minimum atomic E-state index is -4.89. The summed E-state index contributed by atoms with van der Waals surface area (Å²) in [6, 6.07) is 3.75. The first kappa shape index (κ1) is 18.6. The van der Waals surface area contributed by atoms with Crippen molar-refractivity contribution in [2.24, 2.45) is 0 Å². The van der Waals surface area contributed by atoms with Gasteiger partial charge in [0, 0.05) is 7.05 Å². The smallest absolute Gasteiger partial charge is 0.405 e.